The van der Waals surface area contributed by atoms with Crippen molar-refractivity contribution < 1.29 is 0 Å². The van der Waals surface area contributed by atoms with E-state index < -0.39 is 0 Å². The third kappa shape index (κ3) is 1.73. The van der Waals surface area contributed by atoms with Crippen LogP contribution >= 0.6 is 11.8 Å². The molecule has 2 aromatic rings. The Bertz CT molecular complexity index is 434. The van der Waals surface area contributed by atoms with E-state index >= 15 is 0 Å². The summed E-state index contributed by atoms with van der Waals surface area (Å²) in [7, 11) is 0. The van der Waals surface area contributed by atoms with Gasteiger partial charge in [0.15, 0.2) is 0 Å². The average molecular weight is 206 g/mol. The van der Waals surface area contributed by atoms with Gasteiger partial charge in [0.05, 0.1) is 11.2 Å². The van der Waals surface area contributed by atoms with Crippen molar-refractivity contribution in [2.45, 2.75) is 12.7 Å². The Morgan fingerprint density at radius 3 is 3.00 bits per heavy atom. The highest BCUT2D eigenvalue weighted by Crippen LogP contribution is 2.23. The topological polar surface area (TPSA) is 41.8 Å². The summed E-state index contributed by atoms with van der Waals surface area (Å²) in [6.45, 7) is 2.17. The lowest BCUT2D eigenvalue weighted by atomic mass is 10.2. The van der Waals surface area contributed by atoms with E-state index in [1.807, 2.05) is 23.9 Å². The standard InChI is InChI=1S/C11H14N2S/c1-2-14-7-9-6-8-4-3-5-10(12)11(8)13-9/h3-6,13H,2,7,12H2,1H3. The molecule has 2 rings (SSSR count). The molecule has 1 aromatic carbocycles. The van der Waals surface area contributed by atoms with Gasteiger partial charge in [-0.2, -0.15) is 11.8 Å². The summed E-state index contributed by atoms with van der Waals surface area (Å²) in [5.74, 6) is 2.18. The predicted molar refractivity (Wildman–Crippen MR) is 64.5 cm³/mol. The van der Waals surface area contributed by atoms with Gasteiger partial charge >= 0.3 is 0 Å². The molecule has 1 heterocycles. The van der Waals surface area contributed by atoms with Crippen molar-refractivity contribution in [3.05, 3.63) is 30.0 Å². The number of nitrogen functional groups attached to an aromatic ring is 1. The van der Waals surface area contributed by atoms with Gasteiger partial charge in [-0.1, -0.05) is 19.1 Å². The molecule has 74 valence electrons. The van der Waals surface area contributed by atoms with E-state index in [2.05, 4.69) is 24.0 Å². The van der Waals surface area contributed by atoms with Crippen LogP contribution in [0.2, 0.25) is 0 Å². The average Bonchev–Trinajstić information content (AvgIpc) is 2.59. The SMILES string of the molecule is CCSCc1cc2cccc(N)c2[nH]1. The first kappa shape index (κ1) is 9.46. The first-order chi connectivity index (χ1) is 6.81. The summed E-state index contributed by atoms with van der Waals surface area (Å²) < 4.78 is 0. The molecule has 0 saturated heterocycles. The maximum Gasteiger partial charge on any atom is 0.0689 e. The minimum atomic E-state index is 0.829. The maximum atomic E-state index is 5.86. The van der Waals surface area contributed by atoms with Crippen LogP contribution in [0.4, 0.5) is 5.69 Å². The molecule has 0 aliphatic rings. The number of hydrogen-bond donors (Lipinski definition) is 2. The summed E-state index contributed by atoms with van der Waals surface area (Å²) >= 11 is 1.91. The maximum absolute atomic E-state index is 5.86. The molecule has 3 heteroatoms. The van der Waals surface area contributed by atoms with Crippen LogP contribution < -0.4 is 5.73 Å². The summed E-state index contributed by atoms with van der Waals surface area (Å²) in [6.07, 6.45) is 0. The number of nitrogens with one attached hydrogen (secondary N) is 1. The number of anilines is 1. The molecule has 0 radical (unpaired) electrons. The number of fused-ring (bicyclic) bond motifs is 1. The highest BCUT2D eigenvalue weighted by molar-refractivity contribution is 7.98. The molecule has 0 bridgehead atoms. The molecule has 2 nitrogen and oxygen atoms in total. The number of H-pyrrole nitrogens is 1. The van der Waals surface area contributed by atoms with Crippen molar-refractivity contribution in [3.63, 3.8) is 0 Å². The monoisotopic (exact) mass is 206 g/mol. The largest absolute Gasteiger partial charge is 0.397 e. The molecule has 0 aliphatic heterocycles. The van der Waals surface area contributed by atoms with Crippen LogP contribution in [-0.2, 0) is 5.75 Å². The second kappa shape index (κ2) is 3.96. The number of aromatic nitrogens is 1. The number of rotatable bonds is 3. The fraction of sp³-hybridized carbons (Fsp3) is 0.273. The van der Waals surface area contributed by atoms with Gasteiger partial charge in [0.1, 0.15) is 0 Å². The number of benzene rings is 1. The van der Waals surface area contributed by atoms with E-state index in [0.29, 0.717) is 0 Å². The number of aromatic amines is 1. The summed E-state index contributed by atoms with van der Waals surface area (Å²) in [6, 6.07) is 8.18. The zero-order chi connectivity index (χ0) is 9.97. The van der Waals surface area contributed by atoms with E-state index in [1.54, 1.807) is 0 Å². The van der Waals surface area contributed by atoms with Crippen molar-refractivity contribution in [1.82, 2.24) is 4.98 Å². The van der Waals surface area contributed by atoms with Crippen molar-refractivity contribution in [1.29, 1.82) is 0 Å². The predicted octanol–water partition coefficient (Wildman–Crippen LogP) is 3.00. The molecule has 0 aliphatic carbocycles. The molecule has 3 N–H and O–H groups in total. The second-order valence-corrected chi connectivity index (χ2v) is 4.52. The van der Waals surface area contributed by atoms with Crippen molar-refractivity contribution in [2.75, 3.05) is 11.5 Å². The summed E-state index contributed by atoms with van der Waals surface area (Å²) in [4.78, 5) is 3.35. The second-order valence-electron chi connectivity index (χ2n) is 3.24. The van der Waals surface area contributed by atoms with Gasteiger partial charge in [0, 0.05) is 16.8 Å². The molecule has 1 aromatic heterocycles. The lowest BCUT2D eigenvalue weighted by Gasteiger charge is -1.95. The fourth-order valence-electron chi connectivity index (χ4n) is 1.53. The lowest BCUT2D eigenvalue weighted by molar-refractivity contribution is 1.26. The normalized spacial score (nSPS) is 10.9. The van der Waals surface area contributed by atoms with E-state index in [4.69, 9.17) is 5.73 Å². The van der Waals surface area contributed by atoms with Gasteiger partial charge in [-0.05, 0) is 17.9 Å². The van der Waals surface area contributed by atoms with Crippen LogP contribution in [0.25, 0.3) is 10.9 Å². The van der Waals surface area contributed by atoms with Gasteiger partial charge in [0.25, 0.3) is 0 Å². The molecule has 14 heavy (non-hydrogen) atoms. The Morgan fingerprint density at radius 1 is 1.43 bits per heavy atom. The van der Waals surface area contributed by atoms with E-state index in [1.165, 1.54) is 11.1 Å². The quantitative estimate of drug-likeness (QED) is 0.758. The number of thioether (sulfide) groups is 1. The number of para-hydroxylation sites is 1. The molecule has 0 amide bonds. The van der Waals surface area contributed by atoms with Gasteiger partial charge in [-0.15, -0.1) is 0 Å². The van der Waals surface area contributed by atoms with Crippen LogP contribution in [0.3, 0.4) is 0 Å². The number of hydrogen-bond acceptors (Lipinski definition) is 2. The smallest absolute Gasteiger partial charge is 0.0689 e. The Balaban J connectivity index is 2.36. The Kier molecular flexibility index (Phi) is 2.68. The molecule has 0 unspecified atom stereocenters. The zero-order valence-corrected chi connectivity index (χ0v) is 9.03. The Hall–Kier alpha value is -1.09. The summed E-state index contributed by atoms with van der Waals surface area (Å²) in [5, 5.41) is 1.21. The van der Waals surface area contributed by atoms with E-state index in [9.17, 15) is 0 Å². The highest BCUT2D eigenvalue weighted by atomic mass is 32.2. The molecule has 0 fully saturated rings. The third-order valence-corrected chi connectivity index (χ3v) is 3.13. The van der Waals surface area contributed by atoms with Crippen LogP contribution in [0.1, 0.15) is 12.6 Å². The van der Waals surface area contributed by atoms with Gasteiger partial charge in [-0.25, -0.2) is 0 Å². The van der Waals surface area contributed by atoms with Gasteiger partial charge < -0.3 is 10.7 Å². The molecule has 0 spiro atoms. The van der Waals surface area contributed by atoms with Crippen molar-refractivity contribution in [3.8, 4) is 0 Å². The molecule has 0 atom stereocenters. The molecular weight excluding hydrogens is 192 g/mol. The first-order valence-corrected chi connectivity index (χ1v) is 5.90. The first-order valence-electron chi connectivity index (χ1n) is 4.75. The fourth-order valence-corrected chi connectivity index (χ4v) is 2.11. The Morgan fingerprint density at radius 2 is 2.29 bits per heavy atom. The van der Waals surface area contributed by atoms with Crippen LogP contribution in [0.5, 0.6) is 0 Å². The highest BCUT2D eigenvalue weighted by Gasteiger charge is 2.02. The van der Waals surface area contributed by atoms with Crippen LogP contribution in [0.15, 0.2) is 24.3 Å². The third-order valence-electron chi connectivity index (χ3n) is 2.21. The summed E-state index contributed by atoms with van der Waals surface area (Å²) in [5.41, 5.74) is 9.01. The van der Waals surface area contributed by atoms with E-state index in [-0.39, 0.29) is 0 Å². The minimum Gasteiger partial charge on any atom is -0.397 e. The van der Waals surface area contributed by atoms with E-state index in [0.717, 1.165) is 22.7 Å². The molecule has 0 saturated carbocycles. The van der Waals surface area contributed by atoms with Gasteiger partial charge in [0.2, 0.25) is 0 Å². The van der Waals surface area contributed by atoms with Crippen LogP contribution in [-0.4, -0.2) is 10.7 Å². The number of nitrogens with two attached hydrogens (primary N) is 1. The van der Waals surface area contributed by atoms with Gasteiger partial charge in [-0.3, -0.25) is 0 Å². The van der Waals surface area contributed by atoms with Crippen molar-refractivity contribution >= 4 is 28.4 Å². The molecular formula is C11H14N2S. The zero-order valence-electron chi connectivity index (χ0n) is 8.21. The Labute approximate surface area is 87.9 Å². The van der Waals surface area contributed by atoms with Crippen LogP contribution in [0, 0.1) is 0 Å². The lowest BCUT2D eigenvalue weighted by Crippen LogP contribution is -1.85. The minimum absolute atomic E-state index is 0.829. The van der Waals surface area contributed by atoms with Crippen molar-refractivity contribution in [2.24, 2.45) is 0 Å².